The van der Waals surface area contributed by atoms with Gasteiger partial charge in [0.25, 0.3) is 0 Å². The predicted molar refractivity (Wildman–Crippen MR) is 87.3 cm³/mol. The normalized spacial score (nSPS) is 23.6. The van der Waals surface area contributed by atoms with Crippen molar-refractivity contribution >= 4 is 5.96 Å². The van der Waals surface area contributed by atoms with E-state index in [-0.39, 0.29) is 5.60 Å². The average Bonchev–Trinajstić information content (AvgIpc) is 3.06. The van der Waals surface area contributed by atoms with Gasteiger partial charge in [-0.25, -0.2) is 0 Å². The molecule has 0 radical (unpaired) electrons. The minimum absolute atomic E-state index is 0.0785. The molecule has 1 fully saturated rings. The van der Waals surface area contributed by atoms with E-state index in [9.17, 15) is 0 Å². The summed E-state index contributed by atoms with van der Waals surface area (Å²) in [6.07, 6.45) is 2.22. The fourth-order valence-electron chi connectivity index (χ4n) is 3.01. The molecule has 0 bridgehead atoms. The van der Waals surface area contributed by atoms with Crippen LogP contribution in [0.25, 0.3) is 0 Å². The number of hydrogen-bond donors (Lipinski definition) is 2. The fraction of sp³-hybridized carbons (Fsp3) is 0.750. The summed E-state index contributed by atoms with van der Waals surface area (Å²) in [5.74, 6) is 2.00. The zero-order valence-corrected chi connectivity index (χ0v) is 14.3. The molecule has 0 saturated carbocycles. The van der Waals surface area contributed by atoms with Gasteiger partial charge in [-0.2, -0.15) is 0 Å². The number of aryl methyl sites for hydroxylation is 2. The first kappa shape index (κ1) is 16.8. The van der Waals surface area contributed by atoms with Crippen LogP contribution in [0.5, 0.6) is 0 Å². The van der Waals surface area contributed by atoms with E-state index in [2.05, 4.69) is 34.6 Å². The van der Waals surface area contributed by atoms with Gasteiger partial charge in [0, 0.05) is 38.2 Å². The lowest BCUT2D eigenvalue weighted by Crippen LogP contribution is -2.46. The van der Waals surface area contributed by atoms with Crippen LogP contribution in [-0.4, -0.2) is 43.5 Å². The molecule has 2 rings (SSSR count). The molecule has 0 aliphatic carbocycles. The van der Waals surface area contributed by atoms with Gasteiger partial charge in [-0.15, -0.1) is 0 Å². The first-order valence-corrected chi connectivity index (χ1v) is 7.96. The summed E-state index contributed by atoms with van der Waals surface area (Å²) in [6, 6.07) is 0. The molecule has 22 heavy (non-hydrogen) atoms. The third-order valence-corrected chi connectivity index (χ3v) is 4.31. The van der Waals surface area contributed by atoms with Crippen molar-refractivity contribution in [2.75, 3.05) is 26.7 Å². The largest absolute Gasteiger partial charge is 0.373 e. The SMILES string of the molecule is CN=C(NCC(C)c1c(C)noc1C)NCC1(C)CCCO1. The Morgan fingerprint density at radius 2 is 2.18 bits per heavy atom. The van der Waals surface area contributed by atoms with Crippen LogP contribution in [0.4, 0.5) is 0 Å². The minimum atomic E-state index is -0.0785. The van der Waals surface area contributed by atoms with Crippen molar-refractivity contribution in [1.29, 1.82) is 0 Å². The second kappa shape index (κ2) is 7.13. The molecule has 1 aromatic rings. The van der Waals surface area contributed by atoms with Crippen LogP contribution in [0.15, 0.2) is 9.52 Å². The maximum Gasteiger partial charge on any atom is 0.191 e. The topological polar surface area (TPSA) is 71.7 Å². The number of rotatable bonds is 5. The molecule has 6 heteroatoms. The molecule has 0 aromatic carbocycles. The number of nitrogens with one attached hydrogen (secondary N) is 2. The highest BCUT2D eigenvalue weighted by Crippen LogP contribution is 2.24. The van der Waals surface area contributed by atoms with E-state index in [1.165, 1.54) is 5.56 Å². The molecule has 1 saturated heterocycles. The summed E-state index contributed by atoms with van der Waals surface area (Å²) in [5, 5.41) is 10.7. The first-order chi connectivity index (χ1) is 10.4. The number of ether oxygens (including phenoxy) is 1. The Morgan fingerprint density at radius 3 is 2.73 bits per heavy atom. The second-order valence-corrected chi connectivity index (χ2v) is 6.35. The van der Waals surface area contributed by atoms with Gasteiger partial charge < -0.3 is 19.9 Å². The summed E-state index contributed by atoms with van der Waals surface area (Å²) in [6.45, 7) is 10.6. The van der Waals surface area contributed by atoms with Gasteiger partial charge in [0.05, 0.1) is 11.3 Å². The molecule has 1 aliphatic rings. The van der Waals surface area contributed by atoms with Gasteiger partial charge in [-0.05, 0) is 33.6 Å². The molecule has 0 spiro atoms. The molecule has 0 amide bonds. The molecule has 6 nitrogen and oxygen atoms in total. The van der Waals surface area contributed by atoms with Crippen molar-refractivity contribution in [2.24, 2.45) is 4.99 Å². The van der Waals surface area contributed by atoms with E-state index in [4.69, 9.17) is 9.26 Å². The highest BCUT2D eigenvalue weighted by Gasteiger charge is 2.29. The van der Waals surface area contributed by atoms with Crippen molar-refractivity contribution in [3.8, 4) is 0 Å². The summed E-state index contributed by atoms with van der Waals surface area (Å²) in [7, 11) is 1.79. The molecule has 124 valence electrons. The number of hydrogen-bond acceptors (Lipinski definition) is 4. The van der Waals surface area contributed by atoms with E-state index >= 15 is 0 Å². The quantitative estimate of drug-likeness (QED) is 0.644. The third kappa shape index (κ3) is 4.00. The number of aliphatic imine (C=N–C) groups is 1. The maximum atomic E-state index is 5.79. The number of guanidine groups is 1. The molecule has 2 N–H and O–H groups in total. The lowest BCUT2D eigenvalue weighted by atomic mass is 10.00. The van der Waals surface area contributed by atoms with E-state index < -0.39 is 0 Å². The summed E-state index contributed by atoms with van der Waals surface area (Å²) >= 11 is 0. The van der Waals surface area contributed by atoms with Gasteiger partial charge in [0.1, 0.15) is 5.76 Å². The van der Waals surface area contributed by atoms with E-state index in [0.717, 1.165) is 50.0 Å². The van der Waals surface area contributed by atoms with Crippen molar-refractivity contribution in [3.63, 3.8) is 0 Å². The lowest BCUT2D eigenvalue weighted by molar-refractivity contribution is 0.0243. The third-order valence-electron chi connectivity index (χ3n) is 4.31. The van der Waals surface area contributed by atoms with E-state index in [1.807, 2.05) is 13.8 Å². The van der Waals surface area contributed by atoms with Crippen LogP contribution in [0.1, 0.15) is 49.6 Å². The van der Waals surface area contributed by atoms with Crippen LogP contribution in [0.3, 0.4) is 0 Å². The molecular formula is C16H28N4O2. The van der Waals surface area contributed by atoms with Crippen molar-refractivity contribution in [2.45, 2.75) is 52.1 Å². The Kier molecular flexibility index (Phi) is 5.45. The second-order valence-electron chi connectivity index (χ2n) is 6.35. The van der Waals surface area contributed by atoms with E-state index in [1.54, 1.807) is 7.05 Å². The van der Waals surface area contributed by atoms with Gasteiger partial charge in [0.15, 0.2) is 5.96 Å². The van der Waals surface area contributed by atoms with Crippen LogP contribution in [0, 0.1) is 13.8 Å². The number of nitrogens with zero attached hydrogens (tertiary/aromatic N) is 2. The van der Waals surface area contributed by atoms with Gasteiger partial charge in [0.2, 0.25) is 0 Å². The Morgan fingerprint density at radius 1 is 1.41 bits per heavy atom. The molecular weight excluding hydrogens is 280 g/mol. The molecule has 2 unspecified atom stereocenters. The zero-order valence-electron chi connectivity index (χ0n) is 14.3. The van der Waals surface area contributed by atoms with Crippen LogP contribution in [-0.2, 0) is 4.74 Å². The number of aromatic nitrogens is 1. The molecule has 1 aromatic heterocycles. The van der Waals surface area contributed by atoms with Gasteiger partial charge >= 0.3 is 0 Å². The zero-order chi connectivity index (χ0) is 16.2. The lowest BCUT2D eigenvalue weighted by Gasteiger charge is -2.25. The van der Waals surface area contributed by atoms with Crippen molar-refractivity contribution in [3.05, 3.63) is 17.0 Å². The highest BCUT2D eigenvalue weighted by molar-refractivity contribution is 5.79. The summed E-state index contributed by atoms with van der Waals surface area (Å²) in [4.78, 5) is 4.28. The molecule has 2 heterocycles. The Balaban J connectivity index is 1.83. The Hall–Kier alpha value is -1.56. The Bertz CT molecular complexity index is 499. The summed E-state index contributed by atoms with van der Waals surface area (Å²) < 4.78 is 11.0. The van der Waals surface area contributed by atoms with Crippen molar-refractivity contribution < 1.29 is 9.26 Å². The van der Waals surface area contributed by atoms with Crippen LogP contribution >= 0.6 is 0 Å². The van der Waals surface area contributed by atoms with Gasteiger partial charge in [-0.3, -0.25) is 4.99 Å². The minimum Gasteiger partial charge on any atom is -0.373 e. The van der Waals surface area contributed by atoms with Crippen LogP contribution < -0.4 is 10.6 Å². The Labute approximate surface area is 132 Å². The standard InChI is InChI=1S/C16H28N4O2/c1-11(14-12(2)20-22-13(14)3)9-18-15(17-5)19-10-16(4)7-6-8-21-16/h11H,6-10H2,1-5H3,(H2,17,18,19). The first-order valence-electron chi connectivity index (χ1n) is 7.96. The highest BCUT2D eigenvalue weighted by atomic mass is 16.5. The molecule has 1 aliphatic heterocycles. The molecule has 2 atom stereocenters. The van der Waals surface area contributed by atoms with Crippen molar-refractivity contribution in [1.82, 2.24) is 15.8 Å². The fourth-order valence-corrected chi connectivity index (χ4v) is 3.01. The summed E-state index contributed by atoms with van der Waals surface area (Å²) in [5.41, 5.74) is 2.06. The van der Waals surface area contributed by atoms with Gasteiger partial charge in [-0.1, -0.05) is 12.1 Å². The monoisotopic (exact) mass is 308 g/mol. The van der Waals surface area contributed by atoms with Crippen LogP contribution in [0.2, 0.25) is 0 Å². The predicted octanol–water partition coefficient (Wildman–Crippen LogP) is 2.13. The smallest absolute Gasteiger partial charge is 0.191 e. The van der Waals surface area contributed by atoms with E-state index in [0.29, 0.717) is 5.92 Å². The maximum absolute atomic E-state index is 5.79. The average molecular weight is 308 g/mol.